The summed E-state index contributed by atoms with van der Waals surface area (Å²) >= 11 is 0. The molecule has 0 radical (unpaired) electrons. The number of hydrogen-bond donors (Lipinski definition) is 2. The summed E-state index contributed by atoms with van der Waals surface area (Å²) in [6, 6.07) is 17.3. The minimum atomic E-state index is -0.993. The van der Waals surface area contributed by atoms with Crippen LogP contribution >= 0.6 is 0 Å². The van der Waals surface area contributed by atoms with Gasteiger partial charge in [-0.3, -0.25) is 4.79 Å². The minimum absolute atomic E-state index is 0.133. The van der Waals surface area contributed by atoms with Gasteiger partial charge in [-0.05, 0) is 22.6 Å². The molecule has 21 heavy (non-hydrogen) atoms. The largest absolute Gasteiger partial charge is 0.481 e. The highest BCUT2D eigenvalue weighted by molar-refractivity contribution is 5.71. The molecule has 2 aromatic carbocycles. The third-order valence-electron chi connectivity index (χ3n) is 3.70. The lowest BCUT2D eigenvalue weighted by atomic mass is 9.86. The topological polar surface area (TPSA) is 57.5 Å². The van der Waals surface area contributed by atoms with Crippen molar-refractivity contribution < 1.29 is 15.0 Å². The smallest absolute Gasteiger partial charge is 0.309 e. The summed E-state index contributed by atoms with van der Waals surface area (Å²) in [6.45, 7) is 3.61. The Morgan fingerprint density at radius 1 is 0.905 bits per heavy atom. The van der Waals surface area contributed by atoms with Crippen molar-refractivity contribution in [1.29, 1.82) is 0 Å². The highest BCUT2D eigenvalue weighted by atomic mass is 16.4. The van der Waals surface area contributed by atoms with Gasteiger partial charge in [0.1, 0.15) is 0 Å². The van der Waals surface area contributed by atoms with E-state index in [0.29, 0.717) is 5.56 Å². The van der Waals surface area contributed by atoms with Crippen LogP contribution in [-0.2, 0) is 4.79 Å². The van der Waals surface area contributed by atoms with Gasteiger partial charge in [-0.15, -0.1) is 0 Å². The number of rotatable bonds is 5. The van der Waals surface area contributed by atoms with Crippen molar-refractivity contribution in [2.45, 2.75) is 20.0 Å². The lowest BCUT2D eigenvalue weighted by Gasteiger charge is -2.22. The number of hydrogen-bond acceptors (Lipinski definition) is 2. The van der Waals surface area contributed by atoms with Crippen molar-refractivity contribution in [1.82, 2.24) is 0 Å². The molecule has 0 aliphatic rings. The van der Waals surface area contributed by atoms with Gasteiger partial charge in [0.15, 0.2) is 0 Å². The van der Waals surface area contributed by atoms with E-state index < -0.39 is 18.0 Å². The van der Waals surface area contributed by atoms with Gasteiger partial charge in [-0.25, -0.2) is 0 Å². The zero-order valence-corrected chi connectivity index (χ0v) is 12.2. The Labute approximate surface area is 124 Å². The Hall–Kier alpha value is -2.13. The van der Waals surface area contributed by atoms with E-state index in [1.165, 1.54) is 0 Å². The lowest BCUT2D eigenvalue weighted by molar-refractivity contribution is -0.148. The second kappa shape index (κ2) is 6.55. The molecule has 0 aromatic heterocycles. The van der Waals surface area contributed by atoms with Gasteiger partial charge < -0.3 is 10.2 Å². The highest BCUT2D eigenvalue weighted by Crippen LogP contribution is 2.30. The molecule has 2 unspecified atom stereocenters. The first-order valence-electron chi connectivity index (χ1n) is 7.07. The molecule has 2 N–H and O–H groups in total. The Bertz CT molecular complexity index is 588. The molecule has 0 spiro atoms. The van der Waals surface area contributed by atoms with Crippen molar-refractivity contribution >= 4 is 5.97 Å². The molecule has 2 atom stereocenters. The summed E-state index contributed by atoms with van der Waals surface area (Å²) in [7, 11) is 0. The summed E-state index contributed by atoms with van der Waals surface area (Å²) in [5, 5.41) is 19.5. The van der Waals surface area contributed by atoms with Gasteiger partial charge in [-0.1, -0.05) is 68.4 Å². The molecule has 0 fully saturated rings. The van der Waals surface area contributed by atoms with Crippen LogP contribution in [0.15, 0.2) is 54.6 Å². The first-order valence-corrected chi connectivity index (χ1v) is 7.07. The van der Waals surface area contributed by atoms with Crippen LogP contribution in [0.4, 0.5) is 0 Å². The molecule has 3 nitrogen and oxygen atoms in total. The van der Waals surface area contributed by atoms with Gasteiger partial charge in [0, 0.05) is 0 Å². The van der Waals surface area contributed by atoms with Gasteiger partial charge >= 0.3 is 5.97 Å². The van der Waals surface area contributed by atoms with E-state index in [1.54, 1.807) is 26.0 Å². The van der Waals surface area contributed by atoms with Crippen molar-refractivity contribution in [2.24, 2.45) is 11.8 Å². The fraction of sp³-hybridized carbons (Fsp3) is 0.278. The Kier molecular flexibility index (Phi) is 4.76. The average molecular weight is 284 g/mol. The van der Waals surface area contributed by atoms with Crippen LogP contribution in [0.3, 0.4) is 0 Å². The molecule has 0 amide bonds. The second-order valence-corrected chi connectivity index (χ2v) is 5.54. The van der Waals surface area contributed by atoms with Crippen molar-refractivity contribution in [3.63, 3.8) is 0 Å². The summed E-state index contributed by atoms with van der Waals surface area (Å²) in [6.07, 6.45) is -0.993. The van der Waals surface area contributed by atoms with Crippen molar-refractivity contribution in [3.05, 3.63) is 60.2 Å². The van der Waals surface area contributed by atoms with Gasteiger partial charge in [-0.2, -0.15) is 0 Å². The van der Waals surface area contributed by atoms with E-state index in [0.717, 1.165) is 11.1 Å². The third kappa shape index (κ3) is 3.50. The predicted molar refractivity (Wildman–Crippen MR) is 82.8 cm³/mol. The van der Waals surface area contributed by atoms with Crippen LogP contribution < -0.4 is 0 Å². The molecule has 0 saturated heterocycles. The fourth-order valence-electron chi connectivity index (χ4n) is 2.50. The first kappa shape index (κ1) is 15.3. The predicted octanol–water partition coefficient (Wildman–Crippen LogP) is 3.74. The number of aliphatic carboxylic acids is 1. The van der Waals surface area contributed by atoms with Crippen LogP contribution in [-0.4, -0.2) is 16.2 Å². The molecule has 0 aliphatic heterocycles. The molecule has 110 valence electrons. The van der Waals surface area contributed by atoms with Crippen LogP contribution in [0.25, 0.3) is 11.1 Å². The highest BCUT2D eigenvalue weighted by Gasteiger charge is 2.30. The normalized spacial score (nSPS) is 13.9. The Balaban J connectivity index is 2.24. The molecule has 0 bridgehead atoms. The zero-order chi connectivity index (χ0) is 15.4. The van der Waals surface area contributed by atoms with Gasteiger partial charge in [0.05, 0.1) is 12.0 Å². The van der Waals surface area contributed by atoms with Crippen LogP contribution in [0.2, 0.25) is 0 Å². The van der Waals surface area contributed by atoms with Crippen LogP contribution in [0.1, 0.15) is 25.5 Å². The molecule has 0 aliphatic carbocycles. The molecule has 2 rings (SSSR count). The van der Waals surface area contributed by atoms with E-state index in [4.69, 9.17) is 0 Å². The number of aliphatic hydroxyl groups is 1. The Morgan fingerprint density at radius 3 is 1.90 bits per heavy atom. The molecule has 3 heteroatoms. The number of benzene rings is 2. The van der Waals surface area contributed by atoms with E-state index >= 15 is 0 Å². The van der Waals surface area contributed by atoms with E-state index in [2.05, 4.69) is 0 Å². The number of carboxylic acids is 1. The van der Waals surface area contributed by atoms with E-state index in [-0.39, 0.29) is 5.92 Å². The maximum absolute atomic E-state index is 11.3. The lowest BCUT2D eigenvalue weighted by Crippen LogP contribution is -2.26. The number of aliphatic hydroxyl groups excluding tert-OH is 1. The SMILES string of the molecule is CC(C)C(C(=O)O)C(O)c1ccc(-c2ccccc2)cc1. The number of carboxylic acid groups (broad SMARTS) is 1. The second-order valence-electron chi connectivity index (χ2n) is 5.54. The quantitative estimate of drug-likeness (QED) is 0.879. The first-order chi connectivity index (χ1) is 10.0. The van der Waals surface area contributed by atoms with E-state index in [9.17, 15) is 15.0 Å². The summed E-state index contributed by atoms with van der Waals surface area (Å²) < 4.78 is 0. The minimum Gasteiger partial charge on any atom is -0.481 e. The summed E-state index contributed by atoms with van der Waals surface area (Å²) in [5.41, 5.74) is 2.77. The van der Waals surface area contributed by atoms with Crippen LogP contribution in [0.5, 0.6) is 0 Å². The maximum Gasteiger partial charge on any atom is 0.309 e. The molecular formula is C18H20O3. The number of carbonyl (C=O) groups is 1. The fourth-order valence-corrected chi connectivity index (χ4v) is 2.50. The average Bonchev–Trinajstić information content (AvgIpc) is 2.47. The standard InChI is InChI=1S/C18H20O3/c1-12(2)16(18(20)21)17(19)15-10-8-14(9-11-15)13-6-4-3-5-7-13/h3-12,16-17,19H,1-2H3,(H,20,21). The molecular weight excluding hydrogens is 264 g/mol. The van der Waals surface area contributed by atoms with Gasteiger partial charge in [0.25, 0.3) is 0 Å². The molecule has 0 heterocycles. The third-order valence-corrected chi connectivity index (χ3v) is 3.70. The van der Waals surface area contributed by atoms with Crippen molar-refractivity contribution in [3.8, 4) is 11.1 Å². The van der Waals surface area contributed by atoms with Crippen LogP contribution in [0, 0.1) is 11.8 Å². The zero-order valence-electron chi connectivity index (χ0n) is 12.2. The maximum atomic E-state index is 11.3. The molecule has 2 aromatic rings. The Morgan fingerprint density at radius 2 is 1.43 bits per heavy atom. The monoisotopic (exact) mass is 284 g/mol. The summed E-state index contributed by atoms with van der Waals surface area (Å²) in [4.78, 5) is 11.3. The van der Waals surface area contributed by atoms with Gasteiger partial charge in [0.2, 0.25) is 0 Å². The molecule has 0 saturated carbocycles. The summed E-state index contributed by atoms with van der Waals surface area (Å²) in [5.74, 6) is -1.90. The van der Waals surface area contributed by atoms with Crippen molar-refractivity contribution in [2.75, 3.05) is 0 Å². The van der Waals surface area contributed by atoms with E-state index in [1.807, 2.05) is 42.5 Å².